The van der Waals surface area contributed by atoms with Crippen molar-refractivity contribution in [2.75, 3.05) is 31.6 Å². The molecule has 0 aliphatic carbocycles. The van der Waals surface area contributed by atoms with Gasteiger partial charge in [-0.15, -0.1) is 0 Å². The van der Waals surface area contributed by atoms with Crippen molar-refractivity contribution in [2.45, 2.75) is 6.04 Å². The average molecular weight is 306 g/mol. The van der Waals surface area contributed by atoms with Gasteiger partial charge in [0.05, 0.1) is 28.2 Å². The number of anilines is 1. The molecule has 2 N–H and O–H groups in total. The molecule has 1 aromatic carbocycles. The zero-order valence-corrected chi connectivity index (χ0v) is 11.5. The van der Waals surface area contributed by atoms with Gasteiger partial charge in [0.25, 0.3) is 5.69 Å². The molecule has 1 atom stereocenters. The molecular weight excluding hydrogens is 293 g/mol. The standard InChI is InChI=1S/C11H13Cl2N3O3/c12-8-3-10(11(16(17)18)4-9(8)13)15-5-7-6-19-2-1-14-7/h3-4,7,14-15H,1-2,5-6H2. The second-order valence-electron chi connectivity index (χ2n) is 4.15. The van der Waals surface area contributed by atoms with E-state index in [4.69, 9.17) is 27.9 Å². The van der Waals surface area contributed by atoms with E-state index in [1.807, 2.05) is 0 Å². The highest BCUT2D eigenvalue weighted by molar-refractivity contribution is 6.42. The monoisotopic (exact) mass is 305 g/mol. The van der Waals surface area contributed by atoms with Crippen molar-refractivity contribution in [1.29, 1.82) is 0 Å². The third-order valence-electron chi connectivity index (χ3n) is 2.77. The minimum Gasteiger partial charge on any atom is -0.378 e. The van der Waals surface area contributed by atoms with E-state index in [1.54, 1.807) is 0 Å². The molecule has 0 spiro atoms. The van der Waals surface area contributed by atoms with Gasteiger partial charge in [-0.05, 0) is 6.07 Å². The Morgan fingerprint density at radius 3 is 2.84 bits per heavy atom. The SMILES string of the molecule is O=[N+]([O-])c1cc(Cl)c(Cl)cc1NCC1COCCN1. The molecule has 6 nitrogen and oxygen atoms in total. The van der Waals surface area contributed by atoms with Crippen LogP contribution in [0.25, 0.3) is 0 Å². The number of nitro benzene ring substituents is 1. The highest BCUT2D eigenvalue weighted by Gasteiger charge is 2.19. The Balaban J connectivity index is 2.09. The first-order valence-corrected chi connectivity index (χ1v) is 6.52. The van der Waals surface area contributed by atoms with Crippen LogP contribution >= 0.6 is 23.2 Å². The quantitative estimate of drug-likeness (QED) is 0.659. The van der Waals surface area contributed by atoms with Crippen molar-refractivity contribution in [3.63, 3.8) is 0 Å². The van der Waals surface area contributed by atoms with Gasteiger partial charge in [-0.3, -0.25) is 10.1 Å². The Hall–Kier alpha value is -1.08. The molecule has 0 bridgehead atoms. The number of hydrogen-bond acceptors (Lipinski definition) is 5. The molecule has 1 unspecified atom stereocenters. The van der Waals surface area contributed by atoms with Crippen LogP contribution < -0.4 is 10.6 Å². The van der Waals surface area contributed by atoms with Crippen molar-refractivity contribution in [3.05, 3.63) is 32.3 Å². The molecule has 104 valence electrons. The van der Waals surface area contributed by atoms with E-state index in [2.05, 4.69) is 10.6 Å². The maximum atomic E-state index is 11.0. The van der Waals surface area contributed by atoms with Crippen LogP contribution in [0.5, 0.6) is 0 Å². The molecule has 1 aromatic rings. The third kappa shape index (κ3) is 3.70. The van der Waals surface area contributed by atoms with E-state index in [0.29, 0.717) is 25.4 Å². The summed E-state index contributed by atoms with van der Waals surface area (Å²) in [6, 6.07) is 2.82. The van der Waals surface area contributed by atoms with Gasteiger partial charge in [0.2, 0.25) is 0 Å². The molecule has 19 heavy (non-hydrogen) atoms. The zero-order chi connectivity index (χ0) is 13.8. The summed E-state index contributed by atoms with van der Waals surface area (Å²) in [7, 11) is 0. The molecule has 2 rings (SSSR count). The van der Waals surface area contributed by atoms with Gasteiger partial charge in [-0.25, -0.2) is 0 Å². The Bertz CT molecular complexity index is 478. The van der Waals surface area contributed by atoms with Gasteiger partial charge in [0.15, 0.2) is 0 Å². The van der Waals surface area contributed by atoms with Gasteiger partial charge >= 0.3 is 0 Å². The summed E-state index contributed by atoms with van der Waals surface area (Å²) in [5, 5.41) is 17.7. The van der Waals surface area contributed by atoms with Gasteiger partial charge in [0, 0.05) is 25.2 Å². The van der Waals surface area contributed by atoms with E-state index in [0.717, 1.165) is 6.54 Å². The second kappa shape index (κ2) is 6.38. The summed E-state index contributed by atoms with van der Waals surface area (Å²) in [4.78, 5) is 10.5. The predicted molar refractivity (Wildman–Crippen MR) is 74.2 cm³/mol. The Kier molecular flexibility index (Phi) is 4.81. The third-order valence-corrected chi connectivity index (χ3v) is 3.49. The predicted octanol–water partition coefficient (Wildman–Crippen LogP) is 2.30. The lowest BCUT2D eigenvalue weighted by atomic mass is 10.2. The van der Waals surface area contributed by atoms with Crippen LogP contribution in [0, 0.1) is 10.1 Å². The van der Waals surface area contributed by atoms with Crippen LogP contribution in [0.1, 0.15) is 0 Å². The van der Waals surface area contributed by atoms with Gasteiger partial charge in [0.1, 0.15) is 5.69 Å². The zero-order valence-electron chi connectivity index (χ0n) is 9.99. The number of benzene rings is 1. The fourth-order valence-corrected chi connectivity index (χ4v) is 2.13. The lowest BCUT2D eigenvalue weighted by Crippen LogP contribution is -2.45. The average Bonchev–Trinajstić information content (AvgIpc) is 2.40. The minimum absolute atomic E-state index is 0.0915. The fraction of sp³-hybridized carbons (Fsp3) is 0.455. The summed E-state index contributed by atoms with van der Waals surface area (Å²) >= 11 is 11.7. The number of rotatable bonds is 4. The van der Waals surface area contributed by atoms with Crippen LogP contribution in [-0.4, -0.2) is 37.3 Å². The van der Waals surface area contributed by atoms with Crippen molar-refractivity contribution < 1.29 is 9.66 Å². The number of morpholine rings is 1. The van der Waals surface area contributed by atoms with Crippen LogP contribution in [0.2, 0.25) is 10.0 Å². The summed E-state index contributed by atoms with van der Waals surface area (Å²) < 4.78 is 5.31. The van der Waals surface area contributed by atoms with Crippen molar-refractivity contribution in [1.82, 2.24) is 5.32 Å². The highest BCUT2D eigenvalue weighted by atomic mass is 35.5. The lowest BCUT2D eigenvalue weighted by Gasteiger charge is -2.24. The lowest BCUT2D eigenvalue weighted by molar-refractivity contribution is -0.383. The molecule has 8 heteroatoms. The van der Waals surface area contributed by atoms with E-state index in [9.17, 15) is 10.1 Å². The summed E-state index contributed by atoms with van der Waals surface area (Å²) in [6.45, 7) is 2.54. The van der Waals surface area contributed by atoms with Crippen molar-refractivity contribution in [2.24, 2.45) is 0 Å². The molecular formula is C11H13Cl2N3O3. The Labute approximate surface area is 120 Å². The molecule has 1 heterocycles. The normalized spacial score (nSPS) is 19.2. The summed E-state index contributed by atoms with van der Waals surface area (Å²) in [5.74, 6) is 0. The summed E-state index contributed by atoms with van der Waals surface area (Å²) in [5.41, 5.74) is 0.262. The fourth-order valence-electron chi connectivity index (χ4n) is 1.81. The maximum Gasteiger partial charge on any atom is 0.293 e. The number of nitro groups is 1. The topological polar surface area (TPSA) is 76.4 Å². The molecule has 0 amide bonds. The molecule has 1 aliphatic rings. The van der Waals surface area contributed by atoms with E-state index >= 15 is 0 Å². The number of nitrogens with one attached hydrogen (secondary N) is 2. The minimum atomic E-state index is -0.491. The number of nitrogens with zero attached hydrogens (tertiary/aromatic N) is 1. The van der Waals surface area contributed by atoms with Gasteiger partial charge < -0.3 is 15.4 Å². The smallest absolute Gasteiger partial charge is 0.293 e. The Morgan fingerprint density at radius 1 is 1.47 bits per heavy atom. The first kappa shape index (κ1) is 14.3. The van der Waals surface area contributed by atoms with Crippen LogP contribution in [-0.2, 0) is 4.74 Å². The number of halogens is 2. The Morgan fingerprint density at radius 2 is 2.21 bits per heavy atom. The van der Waals surface area contributed by atoms with Crippen LogP contribution in [0.4, 0.5) is 11.4 Å². The first-order valence-electron chi connectivity index (χ1n) is 5.76. The molecule has 0 radical (unpaired) electrons. The maximum absolute atomic E-state index is 11.0. The number of hydrogen-bond donors (Lipinski definition) is 2. The van der Waals surface area contributed by atoms with E-state index < -0.39 is 4.92 Å². The highest BCUT2D eigenvalue weighted by Crippen LogP contribution is 2.33. The molecule has 1 saturated heterocycles. The van der Waals surface area contributed by atoms with Crippen molar-refractivity contribution >= 4 is 34.6 Å². The van der Waals surface area contributed by atoms with Gasteiger partial charge in [-0.2, -0.15) is 0 Å². The molecule has 0 aromatic heterocycles. The first-order chi connectivity index (χ1) is 9.08. The molecule has 1 fully saturated rings. The van der Waals surface area contributed by atoms with Gasteiger partial charge in [-0.1, -0.05) is 23.2 Å². The molecule has 1 aliphatic heterocycles. The van der Waals surface area contributed by atoms with Crippen LogP contribution in [0.15, 0.2) is 12.1 Å². The van der Waals surface area contributed by atoms with E-state index in [1.165, 1.54) is 12.1 Å². The van der Waals surface area contributed by atoms with E-state index in [-0.39, 0.29) is 21.8 Å². The van der Waals surface area contributed by atoms with Crippen LogP contribution in [0.3, 0.4) is 0 Å². The molecule has 0 saturated carbocycles. The van der Waals surface area contributed by atoms with Crippen molar-refractivity contribution in [3.8, 4) is 0 Å². The largest absolute Gasteiger partial charge is 0.378 e. The number of ether oxygens (including phenoxy) is 1. The second-order valence-corrected chi connectivity index (χ2v) is 4.96. The summed E-state index contributed by atoms with van der Waals surface area (Å²) in [6.07, 6.45) is 0.